The van der Waals surface area contributed by atoms with Crippen molar-refractivity contribution in [3.63, 3.8) is 0 Å². The van der Waals surface area contributed by atoms with Crippen LogP contribution < -0.4 is 32.1 Å². The highest BCUT2D eigenvalue weighted by molar-refractivity contribution is 5.78. The Kier molecular flexibility index (Phi) is 5.40. The van der Waals surface area contributed by atoms with Crippen molar-refractivity contribution in [2.45, 2.75) is 43.6 Å². The average Bonchev–Trinajstić information content (AvgIpc) is 3.17. The molecule has 29 heavy (non-hydrogen) atoms. The first kappa shape index (κ1) is 19.2. The lowest BCUT2D eigenvalue weighted by Crippen LogP contribution is -2.61. The lowest BCUT2D eigenvalue weighted by Gasteiger charge is -2.41. The van der Waals surface area contributed by atoms with Crippen molar-refractivity contribution in [2.75, 3.05) is 44.2 Å². The zero-order valence-corrected chi connectivity index (χ0v) is 16.8. The molecule has 4 fully saturated rings. The maximum atomic E-state index is 11.8. The van der Waals surface area contributed by atoms with Crippen LogP contribution >= 0.6 is 0 Å². The van der Waals surface area contributed by atoms with Gasteiger partial charge in [-0.2, -0.15) is 0 Å². The number of hydrogen-bond donors (Lipinski definition) is 5. The first-order chi connectivity index (χ1) is 14.2. The number of rotatable bonds is 3. The van der Waals surface area contributed by atoms with Gasteiger partial charge in [0.15, 0.2) is 0 Å². The second-order valence-corrected chi connectivity index (χ2v) is 8.79. The van der Waals surface area contributed by atoms with Crippen LogP contribution in [0, 0.1) is 5.92 Å². The molecule has 1 aromatic rings. The molecule has 1 aromatic heterocycles. The van der Waals surface area contributed by atoms with Gasteiger partial charge in [0, 0.05) is 50.7 Å². The topological polar surface area (TPSA) is 111 Å². The molecular formula is C20H32N8O. The fourth-order valence-electron chi connectivity index (χ4n) is 5.25. The SMILES string of the molecule is N[C@H]1CCCN(c2cccc(C3NNC4CNC(N5CCNC(=O)C5)CC43)n2)C1. The summed E-state index contributed by atoms with van der Waals surface area (Å²) in [6, 6.07) is 7.10. The lowest BCUT2D eigenvalue weighted by atomic mass is 9.84. The number of nitrogens with two attached hydrogens (primary N) is 1. The summed E-state index contributed by atoms with van der Waals surface area (Å²) in [4.78, 5) is 21.4. The van der Waals surface area contributed by atoms with Gasteiger partial charge in [0.25, 0.3) is 0 Å². The van der Waals surface area contributed by atoms with E-state index in [4.69, 9.17) is 10.7 Å². The molecule has 9 nitrogen and oxygen atoms in total. The smallest absolute Gasteiger partial charge is 0.234 e. The molecule has 0 bridgehead atoms. The number of fused-ring (bicyclic) bond motifs is 1. The van der Waals surface area contributed by atoms with Gasteiger partial charge in [0.1, 0.15) is 5.82 Å². The molecule has 1 amide bonds. The van der Waals surface area contributed by atoms with Crippen LogP contribution in [0.4, 0.5) is 5.82 Å². The Morgan fingerprint density at radius 2 is 2.14 bits per heavy atom. The third-order valence-electron chi connectivity index (χ3n) is 6.80. The van der Waals surface area contributed by atoms with Gasteiger partial charge in [0.05, 0.1) is 24.4 Å². The van der Waals surface area contributed by atoms with Crippen LogP contribution in [0.5, 0.6) is 0 Å². The average molecular weight is 401 g/mol. The number of aromatic nitrogens is 1. The van der Waals surface area contributed by atoms with Crippen LogP contribution in [-0.2, 0) is 4.79 Å². The molecule has 5 rings (SSSR count). The third kappa shape index (κ3) is 3.97. The second kappa shape index (κ2) is 8.16. The summed E-state index contributed by atoms with van der Waals surface area (Å²) in [6.07, 6.45) is 3.44. The minimum Gasteiger partial charge on any atom is -0.355 e. The maximum Gasteiger partial charge on any atom is 0.234 e. The molecule has 158 valence electrons. The van der Waals surface area contributed by atoms with Crippen molar-refractivity contribution in [2.24, 2.45) is 11.7 Å². The number of carbonyl (C=O) groups is 1. The molecule has 6 N–H and O–H groups in total. The van der Waals surface area contributed by atoms with E-state index in [-0.39, 0.29) is 24.2 Å². The molecule has 4 unspecified atom stereocenters. The minimum absolute atomic E-state index is 0.119. The summed E-state index contributed by atoms with van der Waals surface area (Å²) >= 11 is 0. The normalized spacial score (nSPS) is 36.0. The van der Waals surface area contributed by atoms with Gasteiger partial charge in [-0.15, -0.1) is 0 Å². The van der Waals surface area contributed by atoms with Crippen LogP contribution in [-0.4, -0.2) is 73.3 Å². The third-order valence-corrected chi connectivity index (χ3v) is 6.80. The molecule has 4 aliphatic rings. The van der Waals surface area contributed by atoms with Gasteiger partial charge < -0.3 is 21.3 Å². The van der Waals surface area contributed by atoms with Crippen LogP contribution in [0.15, 0.2) is 18.2 Å². The van der Waals surface area contributed by atoms with E-state index in [1.807, 2.05) is 0 Å². The summed E-state index contributed by atoms with van der Waals surface area (Å²) < 4.78 is 0. The van der Waals surface area contributed by atoms with Crippen molar-refractivity contribution >= 4 is 11.7 Å². The molecule has 0 radical (unpaired) electrons. The van der Waals surface area contributed by atoms with Gasteiger partial charge in [-0.3, -0.25) is 15.1 Å². The molecule has 0 aliphatic carbocycles. The van der Waals surface area contributed by atoms with E-state index in [0.29, 0.717) is 18.5 Å². The van der Waals surface area contributed by atoms with Crippen LogP contribution in [0.1, 0.15) is 31.0 Å². The Morgan fingerprint density at radius 3 is 3.00 bits per heavy atom. The summed E-state index contributed by atoms with van der Waals surface area (Å²) in [5.41, 5.74) is 14.2. The Balaban J connectivity index is 1.31. The summed E-state index contributed by atoms with van der Waals surface area (Å²) in [5.74, 6) is 1.58. The number of nitrogens with zero attached hydrogens (tertiary/aromatic N) is 3. The molecule has 0 saturated carbocycles. The van der Waals surface area contributed by atoms with Gasteiger partial charge >= 0.3 is 0 Å². The van der Waals surface area contributed by atoms with E-state index in [9.17, 15) is 4.79 Å². The number of anilines is 1. The maximum absolute atomic E-state index is 11.8. The Morgan fingerprint density at radius 1 is 1.21 bits per heavy atom. The quantitative estimate of drug-likeness (QED) is 0.435. The van der Waals surface area contributed by atoms with Crippen molar-refractivity contribution in [1.82, 2.24) is 31.4 Å². The van der Waals surface area contributed by atoms with Crippen molar-refractivity contribution < 1.29 is 4.79 Å². The molecule has 4 aliphatic heterocycles. The number of hydrazine groups is 1. The van der Waals surface area contributed by atoms with Gasteiger partial charge in [-0.1, -0.05) is 6.07 Å². The number of piperazine rings is 1. The van der Waals surface area contributed by atoms with E-state index in [1.165, 1.54) is 0 Å². The number of carbonyl (C=O) groups excluding carboxylic acids is 1. The van der Waals surface area contributed by atoms with E-state index in [2.05, 4.69) is 49.5 Å². The van der Waals surface area contributed by atoms with Gasteiger partial charge in [-0.25, -0.2) is 10.4 Å². The minimum atomic E-state index is 0.119. The summed E-state index contributed by atoms with van der Waals surface area (Å²) in [5, 5.41) is 6.54. The van der Waals surface area contributed by atoms with E-state index < -0.39 is 0 Å². The lowest BCUT2D eigenvalue weighted by molar-refractivity contribution is -0.125. The zero-order chi connectivity index (χ0) is 19.8. The fraction of sp³-hybridized carbons (Fsp3) is 0.700. The number of nitrogens with one attached hydrogen (secondary N) is 4. The Labute approximate surface area is 171 Å². The highest BCUT2D eigenvalue weighted by Crippen LogP contribution is 2.35. The predicted octanol–water partition coefficient (Wildman–Crippen LogP) is -1.11. The fourth-order valence-corrected chi connectivity index (χ4v) is 5.25. The molecule has 0 aromatic carbocycles. The molecule has 9 heteroatoms. The number of hydrogen-bond acceptors (Lipinski definition) is 8. The second-order valence-electron chi connectivity index (χ2n) is 8.79. The molecular weight excluding hydrogens is 368 g/mol. The summed E-state index contributed by atoms with van der Waals surface area (Å²) in [7, 11) is 0. The van der Waals surface area contributed by atoms with Crippen molar-refractivity contribution in [3.8, 4) is 0 Å². The van der Waals surface area contributed by atoms with Gasteiger partial charge in [0.2, 0.25) is 5.91 Å². The van der Waals surface area contributed by atoms with Crippen molar-refractivity contribution in [1.29, 1.82) is 0 Å². The number of pyridine rings is 1. The zero-order valence-electron chi connectivity index (χ0n) is 16.8. The summed E-state index contributed by atoms with van der Waals surface area (Å²) in [6.45, 7) is 4.89. The Bertz CT molecular complexity index is 745. The van der Waals surface area contributed by atoms with Crippen molar-refractivity contribution in [3.05, 3.63) is 23.9 Å². The highest BCUT2D eigenvalue weighted by Gasteiger charge is 2.43. The van der Waals surface area contributed by atoms with Crippen LogP contribution in [0.25, 0.3) is 0 Å². The number of piperidine rings is 2. The molecule has 5 heterocycles. The van der Waals surface area contributed by atoms with Crippen LogP contribution in [0.2, 0.25) is 0 Å². The first-order valence-corrected chi connectivity index (χ1v) is 10.9. The number of amides is 1. The molecule has 5 atom stereocenters. The monoisotopic (exact) mass is 400 g/mol. The predicted molar refractivity (Wildman–Crippen MR) is 111 cm³/mol. The van der Waals surface area contributed by atoms with Crippen LogP contribution in [0.3, 0.4) is 0 Å². The van der Waals surface area contributed by atoms with E-state index >= 15 is 0 Å². The molecule has 0 spiro atoms. The molecule has 4 saturated heterocycles. The van der Waals surface area contributed by atoms with E-state index in [0.717, 1.165) is 63.5 Å². The van der Waals surface area contributed by atoms with Gasteiger partial charge in [-0.05, 0) is 31.4 Å². The Hall–Kier alpha value is -1.78. The van der Waals surface area contributed by atoms with E-state index in [1.54, 1.807) is 0 Å². The first-order valence-electron chi connectivity index (χ1n) is 10.9. The largest absolute Gasteiger partial charge is 0.355 e. The highest BCUT2D eigenvalue weighted by atomic mass is 16.2. The standard InChI is InChI=1S/C20H32N8O/c21-13-3-2-7-27(11-13)17-5-1-4-15(24-17)20-14-9-18(23-10-16(14)25-26-20)28-8-6-22-19(29)12-28/h1,4-5,13-14,16,18,20,23,25-26H,2-3,6-12,21H2,(H,22,29)/t13-,14?,16?,18?,20?/m0/s1.